The Morgan fingerprint density at radius 1 is 0.550 bits per heavy atom. The van der Waals surface area contributed by atoms with Crippen LogP contribution in [0.15, 0.2) is 70.5 Å². The van der Waals surface area contributed by atoms with Gasteiger partial charge in [-0.25, -0.2) is 26.3 Å². The van der Waals surface area contributed by atoms with Crippen molar-refractivity contribution in [1.82, 2.24) is 9.44 Å². The molecule has 6 rings (SSSR count). The van der Waals surface area contributed by atoms with Crippen molar-refractivity contribution < 1.29 is 26.4 Å². The Kier molecular flexibility index (Phi) is 6.57. The van der Waals surface area contributed by atoms with Crippen molar-refractivity contribution >= 4 is 64.8 Å². The molecule has 0 fully saturated rings. The van der Waals surface area contributed by atoms with Gasteiger partial charge < -0.3 is 10.6 Å². The van der Waals surface area contributed by atoms with E-state index >= 15 is 0 Å². The monoisotopic (exact) mass is 578 g/mol. The first-order valence-corrected chi connectivity index (χ1v) is 15.9. The Labute approximate surface area is 231 Å². The number of carbonyl (C=O) groups is 2. The molecule has 0 spiro atoms. The van der Waals surface area contributed by atoms with Crippen molar-refractivity contribution in [2.75, 3.05) is 23.7 Å². The third-order valence-corrected chi connectivity index (χ3v) is 10.3. The van der Waals surface area contributed by atoms with Gasteiger partial charge in [-0.15, -0.1) is 0 Å². The number of hydrogen-bond donors (Lipinski definition) is 4. The molecule has 40 heavy (non-hydrogen) atoms. The topological polar surface area (TPSA) is 151 Å². The van der Waals surface area contributed by atoms with Crippen molar-refractivity contribution in [1.29, 1.82) is 0 Å². The van der Waals surface area contributed by atoms with Gasteiger partial charge in [-0.2, -0.15) is 0 Å². The first kappa shape index (κ1) is 26.4. The van der Waals surface area contributed by atoms with Crippen molar-refractivity contribution in [3.63, 3.8) is 0 Å². The van der Waals surface area contributed by atoms with Crippen molar-refractivity contribution in [3.05, 3.63) is 71.8 Å². The number of anilines is 2. The standard InChI is InChI=1S/C28H26N4O6S2/c33-27-19-9-5-7-17-23(13-11-21(31-27)25(17)19)39(35,36)29-15-3-1-2-4-16-30-40(37,38)24-14-12-22-26-18(24)8-6-10-20(26)28(34)32-22/h5-14,29-30H,1-4,15-16H2,(H,31,33)(H,32,34). The van der Waals surface area contributed by atoms with Crippen LogP contribution in [0.25, 0.3) is 21.5 Å². The lowest BCUT2D eigenvalue weighted by molar-refractivity contribution is 0.102. The van der Waals surface area contributed by atoms with Crippen LogP contribution in [0.3, 0.4) is 0 Å². The van der Waals surface area contributed by atoms with Gasteiger partial charge in [0.15, 0.2) is 0 Å². The highest BCUT2D eigenvalue weighted by Crippen LogP contribution is 2.37. The second-order valence-electron chi connectivity index (χ2n) is 9.80. The predicted molar refractivity (Wildman–Crippen MR) is 153 cm³/mol. The van der Waals surface area contributed by atoms with Crippen LogP contribution in [-0.2, 0) is 20.0 Å². The molecule has 0 atom stereocenters. The minimum absolute atomic E-state index is 0.127. The second-order valence-corrected chi connectivity index (χ2v) is 13.3. The predicted octanol–water partition coefficient (Wildman–Crippen LogP) is 3.94. The van der Waals surface area contributed by atoms with Gasteiger partial charge >= 0.3 is 0 Å². The molecule has 4 aromatic rings. The van der Waals surface area contributed by atoms with E-state index in [9.17, 15) is 26.4 Å². The largest absolute Gasteiger partial charge is 0.321 e. The third-order valence-electron chi connectivity index (χ3n) is 7.25. The van der Waals surface area contributed by atoms with E-state index in [1.165, 1.54) is 12.1 Å². The second kappa shape index (κ2) is 9.97. The molecule has 0 saturated heterocycles. The first-order valence-electron chi connectivity index (χ1n) is 12.9. The summed E-state index contributed by atoms with van der Waals surface area (Å²) in [7, 11) is -7.57. The van der Waals surface area contributed by atoms with Gasteiger partial charge in [-0.05, 0) is 49.2 Å². The normalized spacial score (nSPS) is 14.2. The van der Waals surface area contributed by atoms with E-state index in [1.54, 1.807) is 48.5 Å². The quantitative estimate of drug-likeness (QED) is 0.198. The summed E-state index contributed by atoms with van der Waals surface area (Å²) in [5.74, 6) is -0.492. The fourth-order valence-corrected chi connectivity index (χ4v) is 7.92. The molecular formula is C28H26N4O6S2. The highest BCUT2D eigenvalue weighted by molar-refractivity contribution is 7.90. The molecule has 0 unspecified atom stereocenters. The van der Waals surface area contributed by atoms with Gasteiger partial charge in [-0.3, -0.25) is 9.59 Å². The zero-order chi connectivity index (χ0) is 28.1. The van der Waals surface area contributed by atoms with Crippen molar-refractivity contribution in [2.45, 2.75) is 35.5 Å². The van der Waals surface area contributed by atoms with E-state index in [0.29, 0.717) is 69.7 Å². The minimum Gasteiger partial charge on any atom is -0.321 e. The van der Waals surface area contributed by atoms with Gasteiger partial charge in [0.1, 0.15) is 0 Å². The van der Waals surface area contributed by atoms with E-state index in [-0.39, 0.29) is 34.7 Å². The van der Waals surface area contributed by atoms with E-state index in [0.717, 1.165) is 0 Å². The summed E-state index contributed by atoms with van der Waals surface area (Å²) >= 11 is 0. The highest BCUT2D eigenvalue weighted by Gasteiger charge is 2.27. The van der Waals surface area contributed by atoms with E-state index < -0.39 is 20.0 Å². The smallest absolute Gasteiger partial charge is 0.256 e. The van der Waals surface area contributed by atoms with Gasteiger partial charge in [0.25, 0.3) is 11.8 Å². The third kappa shape index (κ3) is 4.52. The summed E-state index contributed by atoms with van der Waals surface area (Å²) in [6.45, 7) is 0.475. The number of hydrogen-bond acceptors (Lipinski definition) is 6. The molecule has 0 bridgehead atoms. The van der Waals surface area contributed by atoms with Gasteiger partial charge in [0.05, 0.1) is 9.79 Å². The Morgan fingerprint density at radius 2 is 0.975 bits per heavy atom. The lowest BCUT2D eigenvalue weighted by Crippen LogP contribution is -2.25. The molecule has 206 valence electrons. The molecule has 10 nitrogen and oxygen atoms in total. The maximum absolute atomic E-state index is 13.0. The maximum Gasteiger partial charge on any atom is 0.256 e. The average molecular weight is 579 g/mol. The van der Waals surface area contributed by atoms with Crippen LogP contribution < -0.4 is 20.1 Å². The molecule has 2 heterocycles. The molecule has 4 aromatic carbocycles. The highest BCUT2D eigenvalue weighted by atomic mass is 32.2. The summed E-state index contributed by atoms with van der Waals surface area (Å²) in [5, 5.41) is 7.71. The molecule has 0 aromatic heterocycles. The molecular weight excluding hydrogens is 552 g/mol. The Morgan fingerprint density at radius 3 is 1.40 bits per heavy atom. The van der Waals surface area contributed by atoms with Crippen LogP contribution in [0.4, 0.5) is 11.4 Å². The lowest BCUT2D eigenvalue weighted by atomic mass is 10.1. The number of carbonyl (C=O) groups excluding carboxylic acids is 2. The summed E-state index contributed by atoms with van der Waals surface area (Å²) in [4.78, 5) is 24.5. The number of amides is 2. The molecule has 0 aliphatic carbocycles. The number of sulfonamides is 2. The lowest BCUT2D eigenvalue weighted by Gasteiger charge is -2.11. The maximum atomic E-state index is 13.0. The van der Waals surface area contributed by atoms with Crippen LogP contribution in [-0.4, -0.2) is 41.7 Å². The van der Waals surface area contributed by atoms with Crippen molar-refractivity contribution in [2.24, 2.45) is 0 Å². The SMILES string of the molecule is O=C1Nc2ccc(S(=O)(=O)NCCCCCCNS(=O)(=O)c3ccc4c5c(cccc35)C(=O)N4)c3cccc1c23. The Balaban J connectivity index is 1.00. The minimum atomic E-state index is -3.79. The van der Waals surface area contributed by atoms with Gasteiger partial charge in [-0.1, -0.05) is 37.1 Å². The molecule has 12 heteroatoms. The van der Waals surface area contributed by atoms with E-state index in [1.807, 2.05) is 0 Å². The zero-order valence-corrected chi connectivity index (χ0v) is 22.9. The molecule has 0 saturated carbocycles. The van der Waals surface area contributed by atoms with Gasteiger partial charge in [0.2, 0.25) is 20.0 Å². The average Bonchev–Trinajstić information content (AvgIpc) is 3.44. The van der Waals surface area contributed by atoms with Crippen LogP contribution in [0.2, 0.25) is 0 Å². The van der Waals surface area contributed by atoms with Crippen molar-refractivity contribution in [3.8, 4) is 0 Å². The summed E-state index contributed by atoms with van der Waals surface area (Å²) in [6, 6.07) is 16.3. The number of benzene rings is 4. The number of rotatable bonds is 11. The Hall–Kier alpha value is -3.84. The molecule has 2 amide bonds. The fourth-order valence-electron chi connectivity index (χ4n) is 5.37. The molecule has 4 N–H and O–H groups in total. The van der Waals surface area contributed by atoms with Crippen LogP contribution in [0.1, 0.15) is 46.4 Å². The van der Waals surface area contributed by atoms with Crippen LogP contribution >= 0.6 is 0 Å². The number of unbranched alkanes of at least 4 members (excludes halogenated alkanes) is 3. The molecule has 2 aliphatic rings. The summed E-state index contributed by atoms with van der Waals surface area (Å²) in [6.07, 6.45) is 2.59. The Bertz CT molecular complexity index is 1800. The van der Waals surface area contributed by atoms with Crippen LogP contribution in [0, 0.1) is 0 Å². The fraction of sp³-hybridized carbons (Fsp3) is 0.214. The van der Waals surface area contributed by atoms with Gasteiger partial charge in [0, 0.05) is 57.1 Å². The first-order chi connectivity index (χ1) is 19.2. The number of nitrogens with one attached hydrogen (secondary N) is 4. The van der Waals surface area contributed by atoms with E-state index in [4.69, 9.17) is 0 Å². The summed E-state index contributed by atoms with van der Waals surface area (Å²) in [5.41, 5.74) is 2.12. The van der Waals surface area contributed by atoms with E-state index in [2.05, 4.69) is 20.1 Å². The zero-order valence-electron chi connectivity index (χ0n) is 21.3. The van der Waals surface area contributed by atoms with Crippen LogP contribution in [0.5, 0.6) is 0 Å². The summed E-state index contributed by atoms with van der Waals surface area (Å²) < 4.78 is 57.2. The molecule has 0 radical (unpaired) electrons. The molecule has 2 aliphatic heterocycles.